The molecule has 0 aliphatic carbocycles. The lowest BCUT2D eigenvalue weighted by molar-refractivity contribution is 0.230. The molecule has 0 amide bonds. The Morgan fingerprint density at radius 1 is 1.17 bits per heavy atom. The van der Waals surface area contributed by atoms with Crippen LogP contribution in [0.2, 0.25) is 0 Å². The van der Waals surface area contributed by atoms with Crippen molar-refractivity contribution in [3.05, 3.63) is 29.8 Å². The van der Waals surface area contributed by atoms with Crippen LogP contribution < -0.4 is 10.1 Å². The summed E-state index contributed by atoms with van der Waals surface area (Å²) in [6.45, 7) is 12.3. The molecule has 1 N–H and O–H groups in total. The van der Waals surface area contributed by atoms with Gasteiger partial charge in [-0.2, -0.15) is 0 Å². The molecule has 0 heterocycles. The normalized spacial score (nSPS) is 13.7. The molecular formula is C16H27NO. The molecule has 1 rings (SSSR count). The van der Waals surface area contributed by atoms with Crippen LogP contribution in [0.1, 0.15) is 46.2 Å². The molecule has 0 bridgehead atoms. The average Bonchev–Trinajstić information content (AvgIpc) is 2.35. The number of hydrogen-bond donors (Lipinski definition) is 1. The average molecular weight is 249 g/mol. The van der Waals surface area contributed by atoms with Crippen LogP contribution in [0.5, 0.6) is 5.75 Å². The minimum absolute atomic E-state index is 0.302. The Morgan fingerprint density at radius 2 is 1.78 bits per heavy atom. The fourth-order valence-corrected chi connectivity index (χ4v) is 1.75. The van der Waals surface area contributed by atoms with Gasteiger partial charge in [0.25, 0.3) is 0 Å². The molecule has 0 saturated heterocycles. The summed E-state index contributed by atoms with van der Waals surface area (Å²) in [5.41, 5.74) is 1.52. The Labute approximate surface area is 112 Å². The van der Waals surface area contributed by atoms with E-state index in [1.165, 1.54) is 5.56 Å². The molecule has 1 atom stereocenters. The van der Waals surface area contributed by atoms with Crippen LogP contribution in [0.4, 0.5) is 0 Å². The lowest BCUT2D eigenvalue weighted by Crippen LogP contribution is -2.34. The molecule has 0 radical (unpaired) electrons. The molecule has 1 aromatic carbocycles. The molecule has 0 aromatic heterocycles. The highest BCUT2D eigenvalue weighted by Gasteiger charge is 2.23. The van der Waals surface area contributed by atoms with Gasteiger partial charge in [0, 0.05) is 18.2 Å². The minimum Gasteiger partial charge on any atom is -0.496 e. The molecule has 2 nitrogen and oxygen atoms in total. The molecule has 0 spiro atoms. The van der Waals surface area contributed by atoms with Gasteiger partial charge in [-0.3, -0.25) is 0 Å². The zero-order valence-electron chi connectivity index (χ0n) is 12.6. The highest BCUT2D eigenvalue weighted by molar-refractivity contribution is 5.35. The van der Waals surface area contributed by atoms with E-state index in [4.69, 9.17) is 4.74 Å². The van der Waals surface area contributed by atoms with Crippen molar-refractivity contribution in [1.82, 2.24) is 5.32 Å². The Kier molecular flexibility index (Phi) is 5.21. The predicted molar refractivity (Wildman–Crippen MR) is 78.0 cm³/mol. The third-order valence-electron chi connectivity index (χ3n) is 4.03. The molecule has 0 aliphatic rings. The highest BCUT2D eigenvalue weighted by Crippen LogP contribution is 2.28. The van der Waals surface area contributed by atoms with E-state index in [0.29, 0.717) is 17.4 Å². The van der Waals surface area contributed by atoms with E-state index in [1.54, 1.807) is 7.11 Å². The zero-order valence-corrected chi connectivity index (χ0v) is 12.6. The van der Waals surface area contributed by atoms with Crippen molar-refractivity contribution in [2.45, 2.75) is 40.7 Å². The maximum absolute atomic E-state index is 5.41. The Bertz CT molecular complexity index is 371. The van der Waals surface area contributed by atoms with Gasteiger partial charge in [0.2, 0.25) is 0 Å². The van der Waals surface area contributed by atoms with Crippen LogP contribution in [-0.2, 0) is 0 Å². The van der Waals surface area contributed by atoms with Crippen molar-refractivity contribution in [2.24, 2.45) is 11.3 Å². The second-order valence-corrected chi connectivity index (χ2v) is 5.99. The van der Waals surface area contributed by atoms with Gasteiger partial charge in [-0.15, -0.1) is 0 Å². The van der Waals surface area contributed by atoms with Crippen molar-refractivity contribution in [3.63, 3.8) is 0 Å². The lowest BCUT2D eigenvalue weighted by Gasteiger charge is -2.31. The van der Waals surface area contributed by atoms with Gasteiger partial charge in [0.05, 0.1) is 7.11 Å². The first-order valence-corrected chi connectivity index (χ1v) is 6.74. The number of benzene rings is 1. The van der Waals surface area contributed by atoms with E-state index >= 15 is 0 Å². The van der Waals surface area contributed by atoms with E-state index in [-0.39, 0.29) is 0 Å². The fraction of sp³-hybridized carbons (Fsp3) is 0.625. The van der Waals surface area contributed by atoms with Gasteiger partial charge in [0.15, 0.2) is 0 Å². The van der Waals surface area contributed by atoms with Crippen LogP contribution in [-0.4, -0.2) is 13.7 Å². The Hall–Kier alpha value is -1.02. The maximum atomic E-state index is 5.41. The largest absolute Gasteiger partial charge is 0.496 e. The molecule has 1 aromatic rings. The van der Waals surface area contributed by atoms with Crippen LogP contribution >= 0.6 is 0 Å². The summed E-state index contributed by atoms with van der Waals surface area (Å²) in [5.74, 6) is 1.62. The molecule has 0 fully saturated rings. The van der Waals surface area contributed by atoms with Crippen molar-refractivity contribution in [3.8, 4) is 5.75 Å². The lowest BCUT2D eigenvalue weighted by atomic mass is 9.81. The third-order valence-corrected chi connectivity index (χ3v) is 4.03. The van der Waals surface area contributed by atoms with Gasteiger partial charge >= 0.3 is 0 Å². The van der Waals surface area contributed by atoms with Crippen LogP contribution in [0, 0.1) is 11.3 Å². The van der Waals surface area contributed by atoms with Crippen LogP contribution in [0.3, 0.4) is 0 Å². The monoisotopic (exact) mass is 249 g/mol. The van der Waals surface area contributed by atoms with Crippen molar-refractivity contribution < 1.29 is 4.74 Å². The highest BCUT2D eigenvalue weighted by atomic mass is 16.5. The number of rotatable bonds is 6. The molecule has 1 unspecified atom stereocenters. The molecule has 102 valence electrons. The third kappa shape index (κ3) is 3.74. The molecular weight excluding hydrogens is 222 g/mol. The van der Waals surface area contributed by atoms with Gasteiger partial charge in [-0.05, 0) is 24.3 Å². The summed E-state index contributed by atoms with van der Waals surface area (Å²) < 4.78 is 5.41. The summed E-state index contributed by atoms with van der Waals surface area (Å²) in [7, 11) is 1.73. The number of nitrogens with one attached hydrogen (secondary N) is 1. The standard InChI is InChI=1S/C16H27NO/c1-12(2)16(4,5)11-17-13(3)14-9-7-8-10-15(14)18-6/h7-10,12-13,17H,11H2,1-6H3. The topological polar surface area (TPSA) is 21.3 Å². The quantitative estimate of drug-likeness (QED) is 0.822. The van der Waals surface area contributed by atoms with Crippen molar-refractivity contribution >= 4 is 0 Å². The first-order chi connectivity index (χ1) is 8.38. The number of methoxy groups -OCH3 is 1. The zero-order chi connectivity index (χ0) is 13.8. The fourth-order valence-electron chi connectivity index (χ4n) is 1.75. The molecule has 0 aliphatic heterocycles. The maximum Gasteiger partial charge on any atom is 0.123 e. The Morgan fingerprint density at radius 3 is 2.33 bits per heavy atom. The number of ether oxygens (including phenoxy) is 1. The van der Waals surface area contributed by atoms with Crippen LogP contribution in [0.25, 0.3) is 0 Å². The summed E-state index contributed by atoms with van der Waals surface area (Å²) in [6, 6.07) is 8.51. The smallest absolute Gasteiger partial charge is 0.123 e. The van der Waals surface area contributed by atoms with Gasteiger partial charge in [-0.1, -0.05) is 45.9 Å². The number of hydrogen-bond acceptors (Lipinski definition) is 2. The second kappa shape index (κ2) is 6.24. The van der Waals surface area contributed by atoms with Gasteiger partial charge < -0.3 is 10.1 Å². The van der Waals surface area contributed by atoms with Crippen LogP contribution in [0.15, 0.2) is 24.3 Å². The summed E-state index contributed by atoms with van der Waals surface area (Å²) in [5, 5.41) is 3.62. The molecule has 0 saturated carbocycles. The number of para-hydroxylation sites is 1. The predicted octanol–water partition coefficient (Wildman–Crippen LogP) is 4.03. The summed E-state index contributed by atoms with van der Waals surface area (Å²) >= 11 is 0. The van der Waals surface area contributed by atoms with Crippen molar-refractivity contribution in [2.75, 3.05) is 13.7 Å². The summed E-state index contributed by atoms with van der Waals surface area (Å²) in [4.78, 5) is 0. The van der Waals surface area contributed by atoms with Crippen molar-refractivity contribution in [1.29, 1.82) is 0 Å². The van der Waals surface area contributed by atoms with Gasteiger partial charge in [-0.25, -0.2) is 0 Å². The SMILES string of the molecule is COc1ccccc1C(C)NCC(C)(C)C(C)C. The van der Waals surface area contributed by atoms with E-state index in [0.717, 1.165) is 12.3 Å². The van der Waals surface area contributed by atoms with E-state index in [2.05, 4.69) is 52.1 Å². The summed E-state index contributed by atoms with van der Waals surface area (Å²) in [6.07, 6.45) is 0. The minimum atomic E-state index is 0.302. The van der Waals surface area contributed by atoms with Gasteiger partial charge in [0.1, 0.15) is 5.75 Å². The second-order valence-electron chi connectivity index (χ2n) is 5.99. The van der Waals surface area contributed by atoms with E-state index in [1.807, 2.05) is 12.1 Å². The molecule has 18 heavy (non-hydrogen) atoms. The van der Waals surface area contributed by atoms with E-state index < -0.39 is 0 Å². The first-order valence-electron chi connectivity index (χ1n) is 6.74. The van der Waals surface area contributed by atoms with E-state index in [9.17, 15) is 0 Å². The first kappa shape index (κ1) is 15.0. The Balaban J connectivity index is 2.68. The molecule has 2 heteroatoms.